The van der Waals surface area contributed by atoms with E-state index in [2.05, 4.69) is 9.64 Å². The first-order valence-corrected chi connectivity index (χ1v) is 8.43. The average molecular weight is 354 g/mol. The molecule has 3 aromatic rings. The molecule has 0 aliphatic carbocycles. The number of benzene rings is 3. The predicted octanol–water partition coefficient (Wildman–Crippen LogP) is 5.24. The molecule has 3 aromatic carbocycles. The molecule has 3 rings (SSSR count). The van der Waals surface area contributed by atoms with Gasteiger partial charge in [0.25, 0.3) is 0 Å². The molecule has 0 heterocycles. The zero-order valence-electron chi connectivity index (χ0n) is 14.9. The summed E-state index contributed by atoms with van der Waals surface area (Å²) < 4.78 is 4.62. The van der Waals surface area contributed by atoms with E-state index in [1.165, 1.54) is 13.2 Å². The van der Waals surface area contributed by atoms with Gasteiger partial charge >= 0.3 is 5.97 Å². The lowest BCUT2D eigenvalue weighted by molar-refractivity contribution is -0.135. The van der Waals surface area contributed by atoms with E-state index in [0.717, 1.165) is 22.6 Å². The lowest BCUT2D eigenvalue weighted by atomic mass is 10.1. The Morgan fingerprint density at radius 3 is 1.78 bits per heavy atom. The van der Waals surface area contributed by atoms with Gasteiger partial charge in [0, 0.05) is 17.1 Å². The molecule has 0 atom stereocenters. The second-order valence-electron chi connectivity index (χ2n) is 5.76. The third kappa shape index (κ3) is 4.23. The molecule has 0 amide bonds. The van der Waals surface area contributed by atoms with Gasteiger partial charge in [0.2, 0.25) is 0 Å². The molecule has 132 valence electrons. The zero-order chi connectivity index (χ0) is 19.1. The van der Waals surface area contributed by atoms with E-state index in [9.17, 15) is 4.79 Å². The third-order valence-electron chi connectivity index (χ3n) is 4.02. The van der Waals surface area contributed by atoms with Gasteiger partial charge in [-0.3, -0.25) is 0 Å². The number of para-hydroxylation sites is 2. The van der Waals surface area contributed by atoms with Gasteiger partial charge in [0.1, 0.15) is 11.6 Å². The van der Waals surface area contributed by atoms with Crippen molar-refractivity contribution in [2.45, 2.75) is 0 Å². The molecule has 0 aliphatic rings. The number of nitrogens with zero attached hydrogens (tertiary/aromatic N) is 2. The van der Waals surface area contributed by atoms with Crippen molar-refractivity contribution in [1.82, 2.24) is 0 Å². The van der Waals surface area contributed by atoms with E-state index in [0.29, 0.717) is 0 Å². The summed E-state index contributed by atoms with van der Waals surface area (Å²) >= 11 is 0. The summed E-state index contributed by atoms with van der Waals surface area (Å²) in [6.07, 6.45) is 1.52. The standard InChI is InChI=1S/C23H18N2O2/c1-27-23(26)19(17-24)16-18-12-14-22(15-13-18)25(20-8-4-2-5-9-20)21-10-6-3-7-11-21/h2-16H,1H3/b19-16-. The van der Waals surface area contributed by atoms with Gasteiger partial charge in [0.05, 0.1) is 7.11 Å². The van der Waals surface area contributed by atoms with Crippen LogP contribution in [0.1, 0.15) is 5.56 Å². The van der Waals surface area contributed by atoms with E-state index < -0.39 is 5.97 Å². The SMILES string of the molecule is COC(=O)/C(C#N)=C\c1ccc(N(c2ccccc2)c2ccccc2)cc1. The zero-order valence-corrected chi connectivity index (χ0v) is 14.9. The number of nitriles is 1. The quantitative estimate of drug-likeness (QED) is 0.357. The molecule has 4 heteroatoms. The van der Waals surface area contributed by atoms with Crippen molar-refractivity contribution in [3.05, 3.63) is 96.1 Å². The molecule has 27 heavy (non-hydrogen) atoms. The topological polar surface area (TPSA) is 53.3 Å². The molecule has 4 nitrogen and oxygen atoms in total. The Morgan fingerprint density at radius 2 is 1.33 bits per heavy atom. The van der Waals surface area contributed by atoms with Gasteiger partial charge in [-0.05, 0) is 48.0 Å². The highest BCUT2D eigenvalue weighted by atomic mass is 16.5. The van der Waals surface area contributed by atoms with Crippen molar-refractivity contribution in [2.24, 2.45) is 0 Å². The fraction of sp³-hybridized carbons (Fsp3) is 0.0435. The maximum atomic E-state index is 11.6. The van der Waals surface area contributed by atoms with Crippen LogP contribution >= 0.6 is 0 Å². The van der Waals surface area contributed by atoms with Crippen molar-refractivity contribution in [3.8, 4) is 6.07 Å². The van der Waals surface area contributed by atoms with Gasteiger partial charge < -0.3 is 9.64 Å². The number of esters is 1. The van der Waals surface area contributed by atoms with Crippen molar-refractivity contribution in [3.63, 3.8) is 0 Å². The van der Waals surface area contributed by atoms with Crippen LogP contribution in [0.25, 0.3) is 6.08 Å². The number of methoxy groups -OCH3 is 1. The number of carbonyl (C=O) groups is 1. The molecule has 0 fully saturated rings. The van der Waals surface area contributed by atoms with Gasteiger partial charge in [-0.15, -0.1) is 0 Å². The summed E-state index contributed by atoms with van der Waals surface area (Å²) in [4.78, 5) is 13.7. The minimum absolute atomic E-state index is 0.0341. The molecule has 0 unspecified atom stereocenters. The van der Waals surface area contributed by atoms with E-state index in [1.807, 2.05) is 91.0 Å². The average Bonchev–Trinajstić information content (AvgIpc) is 2.74. The maximum absolute atomic E-state index is 11.6. The minimum Gasteiger partial charge on any atom is -0.465 e. The largest absolute Gasteiger partial charge is 0.465 e. The van der Waals surface area contributed by atoms with Gasteiger partial charge in [-0.25, -0.2) is 4.79 Å². The smallest absolute Gasteiger partial charge is 0.348 e. The third-order valence-corrected chi connectivity index (χ3v) is 4.02. The number of rotatable bonds is 5. The van der Waals surface area contributed by atoms with Crippen molar-refractivity contribution in [1.29, 1.82) is 5.26 Å². The van der Waals surface area contributed by atoms with Crippen LogP contribution in [0.5, 0.6) is 0 Å². The summed E-state index contributed by atoms with van der Waals surface area (Å²) in [7, 11) is 1.26. The number of carbonyl (C=O) groups excluding carboxylic acids is 1. The Hall–Kier alpha value is -3.84. The van der Waals surface area contributed by atoms with E-state index in [1.54, 1.807) is 0 Å². The summed E-state index contributed by atoms with van der Waals surface area (Å²) in [5.41, 5.74) is 3.77. The highest BCUT2D eigenvalue weighted by Crippen LogP contribution is 2.34. The fourth-order valence-electron chi connectivity index (χ4n) is 2.73. The molecule has 0 spiro atoms. The van der Waals surface area contributed by atoms with Gasteiger partial charge in [0.15, 0.2) is 0 Å². The molecular weight excluding hydrogens is 336 g/mol. The first-order chi connectivity index (χ1) is 13.2. The summed E-state index contributed by atoms with van der Waals surface area (Å²) in [6, 6.07) is 29.7. The maximum Gasteiger partial charge on any atom is 0.348 e. The molecule has 0 aromatic heterocycles. The Morgan fingerprint density at radius 1 is 0.852 bits per heavy atom. The number of hydrogen-bond acceptors (Lipinski definition) is 4. The number of hydrogen-bond donors (Lipinski definition) is 0. The first kappa shape index (κ1) is 18.0. The molecule has 0 bridgehead atoms. The van der Waals surface area contributed by atoms with Crippen LogP contribution in [0.4, 0.5) is 17.1 Å². The molecule has 0 N–H and O–H groups in total. The van der Waals surface area contributed by atoms with Crippen molar-refractivity contribution in [2.75, 3.05) is 12.0 Å². The molecule has 0 saturated carbocycles. The second kappa shape index (κ2) is 8.50. The Bertz CT molecular complexity index is 933. The molecule has 0 radical (unpaired) electrons. The minimum atomic E-state index is -0.642. The Balaban J connectivity index is 1.99. The molecule has 0 saturated heterocycles. The predicted molar refractivity (Wildman–Crippen MR) is 107 cm³/mol. The Labute approximate surface area is 158 Å². The monoisotopic (exact) mass is 354 g/mol. The molecule has 0 aliphatic heterocycles. The second-order valence-corrected chi connectivity index (χ2v) is 5.76. The summed E-state index contributed by atoms with van der Waals surface area (Å²) in [6.45, 7) is 0. The van der Waals surface area contributed by atoms with Gasteiger partial charge in [-0.2, -0.15) is 5.26 Å². The lowest BCUT2D eigenvalue weighted by Gasteiger charge is -2.25. The number of ether oxygens (including phenoxy) is 1. The highest BCUT2D eigenvalue weighted by molar-refractivity contribution is 5.97. The van der Waals surface area contributed by atoms with Crippen LogP contribution in [-0.2, 0) is 9.53 Å². The van der Waals surface area contributed by atoms with E-state index in [-0.39, 0.29) is 5.57 Å². The van der Waals surface area contributed by atoms with Crippen LogP contribution in [0.3, 0.4) is 0 Å². The van der Waals surface area contributed by atoms with Crippen LogP contribution < -0.4 is 4.90 Å². The first-order valence-electron chi connectivity index (χ1n) is 8.43. The number of anilines is 3. The van der Waals surface area contributed by atoms with E-state index >= 15 is 0 Å². The van der Waals surface area contributed by atoms with Crippen LogP contribution in [0.15, 0.2) is 90.5 Å². The van der Waals surface area contributed by atoms with Crippen molar-refractivity contribution >= 4 is 29.1 Å². The molecular formula is C23H18N2O2. The lowest BCUT2D eigenvalue weighted by Crippen LogP contribution is -2.09. The summed E-state index contributed by atoms with van der Waals surface area (Å²) in [5, 5.41) is 9.10. The van der Waals surface area contributed by atoms with Crippen LogP contribution in [0, 0.1) is 11.3 Å². The van der Waals surface area contributed by atoms with Crippen LogP contribution in [0.2, 0.25) is 0 Å². The fourth-order valence-corrected chi connectivity index (χ4v) is 2.73. The highest BCUT2D eigenvalue weighted by Gasteiger charge is 2.12. The summed E-state index contributed by atoms with van der Waals surface area (Å²) in [5.74, 6) is -0.642. The van der Waals surface area contributed by atoms with E-state index in [4.69, 9.17) is 5.26 Å². The Kier molecular flexibility index (Phi) is 5.66. The van der Waals surface area contributed by atoms with Crippen LogP contribution in [-0.4, -0.2) is 13.1 Å². The normalized spacial score (nSPS) is 10.7. The van der Waals surface area contributed by atoms with Crippen molar-refractivity contribution < 1.29 is 9.53 Å². The van der Waals surface area contributed by atoms with Gasteiger partial charge in [-0.1, -0.05) is 48.5 Å².